The van der Waals surface area contributed by atoms with Crippen LogP contribution in [0.25, 0.3) is 0 Å². The molecule has 0 N–H and O–H groups in total. The molecule has 1 nitrogen and oxygen atoms in total. The van der Waals surface area contributed by atoms with E-state index in [0.717, 1.165) is 5.92 Å². The van der Waals surface area contributed by atoms with Gasteiger partial charge in [-0.15, -0.1) is 0 Å². The van der Waals surface area contributed by atoms with Gasteiger partial charge in [-0.3, -0.25) is 0 Å². The third-order valence-corrected chi connectivity index (χ3v) is 2.50. The van der Waals surface area contributed by atoms with Crippen LogP contribution in [-0.4, -0.2) is 25.5 Å². The van der Waals surface area contributed by atoms with Gasteiger partial charge >= 0.3 is 0 Å². The molecule has 0 saturated heterocycles. The van der Waals surface area contributed by atoms with E-state index in [0.29, 0.717) is 0 Å². The van der Waals surface area contributed by atoms with Crippen molar-refractivity contribution in [1.82, 2.24) is 4.90 Å². The molecule has 0 aliphatic carbocycles. The van der Waals surface area contributed by atoms with Crippen molar-refractivity contribution in [1.29, 1.82) is 0 Å². The van der Waals surface area contributed by atoms with Crippen molar-refractivity contribution in [3.05, 3.63) is 0 Å². The normalized spacial score (nSPS) is 13.8. The Balaban J connectivity index is 3.00. The van der Waals surface area contributed by atoms with Crippen LogP contribution in [0.3, 0.4) is 0 Å². The predicted molar refractivity (Wildman–Crippen MR) is 56.5 cm³/mol. The molecular weight excluding hydrogens is 146 g/mol. The molecule has 1 unspecified atom stereocenters. The first-order valence-corrected chi connectivity index (χ1v) is 5.31. The highest BCUT2D eigenvalue weighted by Crippen LogP contribution is 2.11. The van der Waals surface area contributed by atoms with Crippen LogP contribution in [0.5, 0.6) is 0 Å². The Kier molecular flexibility index (Phi) is 7.58. The summed E-state index contributed by atoms with van der Waals surface area (Å²) in [6.45, 7) is 5.89. The smallest absolute Gasteiger partial charge is 0.00248 e. The zero-order valence-electron chi connectivity index (χ0n) is 9.27. The minimum absolute atomic E-state index is 0.935. The van der Waals surface area contributed by atoms with Crippen LogP contribution in [0, 0.1) is 5.92 Å². The number of rotatable bonds is 7. The lowest BCUT2D eigenvalue weighted by Crippen LogP contribution is -2.12. The highest BCUT2D eigenvalue weighted by molar-refractivity contribution is 4.52. The molecule has 0 amide bonds. The van der Waals surface area contributed by atoms with E-state index >= 15 is 0 Å². The molecule has 0 radical (unpaired) electrons. The van der Waals surface area contributed by atoms with E-state index < -0.39 is 0 Å². The Morgan fingerprint density at radius 1 is 1.08 bits per heavy atom. The Morgan fingerprint density at radius 2 is 1.75 bits per heavy atom. The zero-order valence-corrected chi connectivity index (χ0v) is 9.27. The van der Waals surface area contributed by atoms with Gasteiger partial charge in [0, 0.05) is 0 Å². The van der Waals surface area contributed by atoms with Crippen molar-refractivity contribution in [2.24, 2.45) is 5.92 Å². The number of hydrogen-bond acceptors (Lipinski definition) is 1. The van der Waals surface area contributed by atoms with Gasteiger partial charge in [-0.25, -0.2) is 0 Å². The molecule has 0 rings (SSSR count). The quantitative estimate of drug-likeness (QED) is 0.532. The summed E-state index contributed by atoms with van der Waals surface area (Å²) in [6.07, 6.45) is 6.95. The molecule has 0 spiro atoms. The Bertz CT molecular complexity index is 89.0. The molecule has 0 aromatic heterocycles. The zero-order chi connectivity index (χ0) is 9.40. The Hall–Kier alpha value is -0.0400. The van der Waals surface area contributed by atoms with Crippen LogP contribution in [0.2, 0.25) is 0 Å². The highest BCUT2D eigenvalue weighted by Gasteiger charge is 1.97. The van der Waals surface area contributed by atoms with Crippen LogP contribution >= 0.6 is 0 Å². The molecule has 0 bridgehead atoms. The first-order chi connectivity index (χ1) is 5.66. The van der Waals surface area contributed by atoms with Gasteiger partial charge in [0.15, 0.2) is 0 Å². The lowest BCUT2D eigenvalue weighted by molar-refractivity contribution is 0.383. The summed E-state index contributed by atoms with van der Waals surface area (Å²) >= 11 is 0. The van der Waals surface area contributed by atoms with Crippen molar-refractivity contribution in [2.45, 2.75) is 46.0 Å². The van der Waals surface area contributed by atoms with E-state index in [4.69, 9.17) is 0 Å². The van der Waals surface area contributed by atoms with E-state index in [9.17, 15) is 0 Å². The monoisotopic (exact) mass is 171 g/mol. The maximum atomic E-state index is 2.35. The second-order valence-electron chi connectivity index (χ2n) is 4.17. The fourth-order valence-electron chi connectivity index (χ4n) is 1.30. The largest absolute Gasteiger partial charge is 0.309 e. The summed E-state index contributed by atoms with van der Waals surface area (Å²) < 4.78 is 0. The lowest BCUT2D eigenvalue weighted by Gasteiger charge is -2.10. The van der Waals surface area contributed by atoms with Gasteiger partial charge in [0.05, 0.1) is 0 Å². The standard InChI is InChI=1S/C11H25N/c1-5-11(2)9-7-6-8-10-12(3)4/h11H,5-10H2,1-4H3. The predicted octanol–water partition coefficient (Wildman–Crippen LogP) is 3.15. The molecule has 0 saturated carbocycles. The van der Waals surface area contributed by atoms with Gasteiger partial charge in [-0.2, -0.15) is 0 Å². The molecule has 0 aromatic carbocycles. The van der Waals surface area contributed by atoms with Gasteiger partial charge in [-0.1, -0.05) is 39.5 Å². The molecule has 0 aromatic rings. The number of hydrogen-bond donors (Lipinski definition) is 0. The minimum Gasteiger partial charge on any atom is -0.309 e. The highest BCUT2D eigenvalue weighted by atomic mass is 15.0. The first kappa shape index (κ1) is 12.0. The molecule has 1 heteroatoms. The maximum absolute atomic E-state index is 2.35. The van der Waals surface area contributed by atoms with Crippen molar-refractivity contribution in [3.63, 3.8) is 0 Å². The summed E-state index contributed by atoms with van der Waals surface area (Å²) in [7, 11) is 4.29. The van der Waals surface area contributed by atoms with Crippen LogP contribution in [0.1, 0.15) is 46.0 Å². The average molecular weight is 171 g/mol. The van der Waals surface area contributed by atoms with E-state index in [2.05, 4.69) is 32.8 Å². The van der Waals surface area contributed by atoms with Crippen LogP contribution in [0.4, 0.5) is 0 Å². The van der Waals surface area contributed by atoms with Gasteiger partial charge < -0.3 is 4.90 Å². The summed E-state index contributed by atoms with van der Waals surface area (Å²) in [5.41, 5.74) is 0. The molecule has 0 fully saturated rings. The molecule has 0 aliphatic heterocycles. The first-order valence-electron chi connectivity index (χ1n) is 5.31. The van der Waals surface area contributed by atoms with Gasteiger partial charge in [0.25, 0.3) is 0 Å². The summed E-state index contributed by atoms with van der Waals surface area (Å²) in [4.78, 5) is 2.27. The van der Waals surface area contributed by atoms with Gasteiger partial charge in [0.2, 0.25) is 0 Å². The van der Waals surface area contributed by atoms with Crippen LogP contribution in [0.15, 0.2) is 0 Å². The average Bonchev–Trinajstić information content (AvgIpc) is 2.03. The minimum atomic E-state index is 0.935. The van der Waals surface area contributed by atoms with Gasteiger partial charge in [0.1, 0.15) is 0 Å². The van der Waals surface area contributed by atoms with Crippen molar-refractivity contribution in [3.8, 4) is 0 Å². The maximum Gasteiger partial charge on any atom is -0.00248 e. The Morgan fingerprint density at radius 3 is 2.25 bits per heavy atom. The fourth-order valence-corrected chi connectivity index (χ4v) is 1.30. The van der Waals surface area contributed by atoms with Crippen molar-refractivity contribution in [2.75, 3.05) is 20.6 Å². The van der Waals surface area contributed by atoms with E-state index in [1.165, 1.54) is 38.6 Å². The third-order valence-electron chi connectivity index (χ3n) is 2.50. The van der Waals surface area contributed by atoms with Crippen molar-refractivity contribution < 1.29 is 0 Å². The summed E-state index contributed by atoms with van der Waals surface area (Å²) in [6, 6.07) is 0. The van der Waals surface area contributed by atoms with Crippen LogP contribution < -0.4 is 0 Å². The topological polar surface area (TPSA) is 3.24 Å². The summed E-state index contributed by atoms with van der Waals surface area (Å²) in [5.74, 6) is 0.935. The van der Waals surface area contributed by atoms with E-state index in [-0.39, 0.29) is 0 Å². The lowest BCUT2D eigenvalue weighted by atomic mass is 10.0. The molecule has 0 heterocycles. The molecule has 1 atom stereocenters. The van der Waals surface area contributed by atoms with Crippen molar-refractivity contribution >= 4 is 0 Å². The van der Waals surface area contributed by atoms with E-state index in [1.807, 2.05) is 0 Å². The number of unbranched alkanes of at least 4 members (excludes halogenated alkanes) is 2. The second-order valence-corrected chi connectivity index (χ2v) is 4.17. The SMILES string of the molecule is CCC(C)CCCCCN(C)C. The fraction of sp³-hybridized carbons (Fsp3) is 1.00. The van der Waals surface area contributed by atoms with E-state index in [1.54, 1.807) is 0 Å². The second kappa shape index (κ2) is 7.60. The molecule has 12 heavy (non-hydrogen) atoms. The Labute approximate surface area is 78.1 Å². The molecular formula is C11H25N. The molecule has 0 aliphatic rings. The van der Waals surface area contributed by atoms with Gasteiger partial charge in [-0.05, 0) is 33.0 Å². The third kappa shape index (κ3) is 8.06. The molecule has 74 valence electrons. The summed E-state index contributed by atoms with van der Waals surface area (Å²) in [5, 5.41) is 0. The number of nitrogens with zero attached hydrogens (tertiary/aromatic N) is 1. The van der Waals surface area contributed by atoms with Crippen LogP contribution in [-0.2, 0) is 0 Å².